The molecule has 5 nitrogen and oxygen atoms in total. The largest absolute Gasteiger partial charge is 0.351 e. The molecule has 19 heavy (non-hydrogen) atoms. The van der Waals surface area contributed by atoms with E-state index in [1.54, 1.807) is 24.5 Å². The molecule has 1 aromatic heterocycles. The molecule has 0 atom stereocenters. The van der Waals surface area contributed by atoms with Crippen molar-refractivity contribution in [2.24, 2.45) is 0 Å². The van der Waals surface area contributed by atoms with Gasteiger partial charge >= 0.3 is 0 Å². The molecule has 1 heterocycles. The van der Waals surface area contributed by atoms with Gasteiger partial charge in [-0.3, -0.25) is 14.8 Å². The van der Waals surface area contributed by atoms with Crippen molar-refractivity contribution in [3.05, 3.63) is 36.2 Å². The van der Waals surface area contributed by atoms with Crippen LogP contribution in [0, 0.1) is 0 Å². The lowest BCUT2D eigenvalue weighted by Gasteiger charge is -2.06. The molecule has 1 aliphatic rings. The molecule has 5 heteroatoms. The van der Waals surface area contributed by atoms with Crippen LogP contribution in [0.1, 0.15) is 23.2 Å². The van der Waals surface area contributed by atoms with E-state index in [2.05, 4.69) is 20.6 Å². The second-order valence-corrected chi connectivity index (χ2v) is 4.74. The summed E-state index contributed by atoms with van der Waals surface area (Å²) >= 11 is 0. The topological polar surface area (TPSA) is 66.9 Å². The summed E-state index contributed by atoms with van der Waals surface area (Å²) in [6.45, 7) is 1.47. The number of benzene rings is 1. The van der Waals surface area contributed by atoms with Crippen molar-refractivity contribution in [3.8, 4) is 0 Å². The van der Waals surface area contributed by atoms with Crippen LogP contribution in [0.5, 0.6) is 0 Å². The zero-order chi connectivity index (χ0) is 13.1. The predicted octanol–water partition coefficient (Wildman–Crippen LogP) is 1.11. The molecule has 0 aliphatic heterocycles. The van der Waals surface area contributed by atoms with Crippen molar-refractivity contribution >= 4 is 16.9 Å². The first-order chi connectivity index (χ1) is 9.33. The number of carbonyl (C=O) groups is 1. The van der Waals surface area contributed by atoms with E-state index in [1.807, 2.05) is 6.07 Å². The monoisotopic (exact) mass is 256 g/mol. The first-order valence-electron chi connectivity index (χ1n) is 6.55. The van der Waals surface area contributed by atoms with Gasteiger partial charge in [-0.05, 0) is 31.0 Å². The lowest BCUT2D eigenvalue weighted by molar-refractivity contribution is 0.0954. The van der Waals surface area contributed by atoms with Crippen LogP contribution in [0.2, 0.25) is 0 Å². The molecule has 0 bridgehead atoms. The number of amides is 1. The van der Waals surface area contributed by atoms with E-state index in [1.165, 1.54) is 12.8 Å². The lowest BCUT2D eigenvalue weighted by Crippen LogP contribution is -2.32. The minimum Gasteiger partial charge on any atom is -0.351 e. The normalized spacial score (nSPS) is 14.5. The van der Waals surface area contributed by atoms with E-state index in [-0.39, 0.29) is 5.91 Å². The van der Waals surface area contributed by atoms with Gasteiger partial charge < -0.3 is 10.6 Å². The SMILES string of the molecule is O=C(NCCNC1CC1)c1ccc2nccnc2c1. The summed E-state index contributed by atoms with van der Waals surface area (Å²) in [6, 6.07) is 6.04. The second-order valence-electron chi connectivity index (χ2n) is 4.74. The van der Waals surface area contributed by atoms with Crippen LogP contribution in [0.4, 0.5) is 0 Å². The Morgan fingerprint density at radius 3 is 2.74 bits per heavy atom. The first kappa shape index (κ1) is 12.0. The van der Waals surface area contributed by atoms with Gasteiger partial charge in [0.25, 0.3) is 5.91 Å². The summed E-state index contributed by atoms with van der Waals surface area (Å²) in [7, 11) is 0. The Kier molecular flexibility index (Phi) is 3.37. The summed E-state index contributed by atoms with van der Waals surface area (Å²) in [6.07, 6.45) is 5.80. The molecule has 0 saturated heterocycles. The second kappa shape index (κ2) is 5.32. The first-order valence-corrected chi connectivity index (χ1v) is 6.55. The number of rotatable bonds is 5. The molecule has 2 N–H and O–H groups in total. The van der Waals surface area contributed by atoms with Gasteiger partial charge in [0.05, 0.1) is 11.0 Å². The van der Waals surface area contributed by atoms with Crippen molar-refractivity contribution in [2.45, 2.75) is 18.9 Å². The molecule has 1 aromatic carbocycles. The number of aromatic nitrogens is 2. The molecular weight excluding hydrogens is 240 g/mol. The van der Waals surface area contributed by atoms with Gasteiger partial charge in [-0.1, -0.05) is 0 Å². The number of hydrogen-bond acceptors (Lipinski definition) is 4. The highest BCUT2D eigenvalue weighted by atomic mass is 16.1. The number of nitrogens with zero attached hydrogens (tertiary/aromatic N) is 2. The van der Waals surface area contributed by atoms with Crippen LogP contribution in [-0.4, -0.2) is 35.0 Å². The fourth-order valence-electron chi connectivity index (χ4n) is 1.95. The van der Waals surface area contributed by atoms with E-state index < -0.39 is 0 Å². The van der Waals surface area contributed by atoms with Gasteiger partial charge in [-0.2, -0.15) is 0 Å². The number of nitrogens with one attached hydrogen (secondary N) is 2. The van der Waals surface area contributed by atoms with Crippen LogP contribution in [0.15, 0.2) is 30.6 Å². The van der Waals surface area contributed by atoms with E-state index in [4.69, 9.17) is 0 Å². The fourth-order valence-corrected chi connectivity index (χ4v) is 1.95. The Labute approximate surface area is 111 Å². The van der Waals surface area contributed by atoms with E-state index in [0.29, 0.717) is 18.2 Å². The fraction of sp³-hybridized carbons (Fsp3) is 0.357. The molecular formula is C14H16N4O. The molecule has 1 saturated carbocycles. The minimum absolute atomic E-state index is 0.0647. The van der Waals surface area contributed by atoms with E-state index in [9.17, 15) is 4.79 Å². The highest BCUT2D eigenvalue weighted by Crippen LogP contribution is 2.17. The molecule has 0 radical (unpaired) electrons. The third-order valence-electron chi connectivity index (χ3n) is 3.15. The average Bonchev–Trinajstić information content (AvgIpc) is 3.27. The number of hydrogen-bond donors (Lipinski definition) is 2. The highest BCUT2D eigenvalue weighted by molar-refractivity contribution is 5.97. The van der Waals surface area contributed by atoms with Crippen LogP contribution in [0.3, 0.4) is 0 Å². The smallest absolute Gasteiger partial charge is 0.251 e. The minimum atomic E-state index is -0.0647. The van der Waals surface area contributed by atoms with Gasteiger partial charge in [0.15, 0.2) is 0 Å². The summed E-state index contributed by atoms with van der Waals surface area (Å²) in [4.78, 5) is 20.3. The number of carbonyl (C=O) groups excluding carboxylic acids is 1. The van der Waals surface area contributed by atoms with E-state index >= 15 is 0 Å². The number of fused-ring (bicyclic) bond motifs is 1. The van der Waals surface area contributed by atoms with Crippen molar-refractivity contribution < 1.29 is 4.79 Å². The molecule has 0 spiro atoms. The van der Waals surface area contributed by atoms with Crippen LogP contribution < -0.4 is 10.6 Å². The van der Waals surface area contributed by atoms with Crippen LogP contribution in [0.25, 0.3) is 11.0 Å². The predicted molar refractivity (Wildman–Crippen MR) is 72.9 cm³/mol. The maximum absolute atomic E-state index is 12.0. The van der Waals surface area contributed by atoms with Crippen LogP contribution >= 0.6 is 0 Å². The van der Waals surface area contributed by atoms with Crippen molar-refractivity contribution in [2.75, 3.05) is 13.1 Å². The quantitative estimate of drug-likeness (QED) is 0.786. The van der Waals surface area contributed by atoms with Gasteiger partial charge in [0, 0.05) is 37.1 Å². The third kappa shape index (κ3) is 3.06. The van der Waals surface area contributed by atoms with Crippen LogP contribution in [-0.2, 0) is 0 Å². The van der Waals surface area contributed by atoms with Gasteiger partial charge in [0.1, 0.15) is 0 Å². The Hall–Kier alpha value is -2.01. The van der Waals surface area contributed by atoms with Gasteiger partial charge in [-0.15, -0.1) is 0 Å². The van der Waals surface area contributed by atoms with Gasteiger partial charge in [-0.25, -0.2) is 0 Å². The Morgan fingerprint density at radius 1 is 1.16 bits per heavy atom. The van der Waals surface area contributed by atoms with Crippen molar-refractivity contribution in [3.63, 3.8) is 0 Å². The lowest BCUT2D eigenvalue weighted by atomic mass is 10.2. The standard InChI is InChI=1S/C14H16N4O/c19-14(18-8-5-15-11-2-3-11)10-1-4-12-13(9-10)17-7-6-16-12/h1,4,6-7,9,11,15H,2-3,5,8H2,(H,18,19). The van der Waals surface area contributed by atoms with Gasteiger partial charge in [0.2, 0.25) is 0 Å². The molecule has 98 valence electrons. The molecule has 3 rings (SSSR count). The zero-order valence-corrected chi connectivity index (χ0v) is 10.6. The Bertz CT molecular complexity index is 595. The molecule has 1 aliphatic carbocycles. The molecule has 0 unspecified atom stereocenters. The highest BCUT2D eigenvalue weighted by Gasteiger charge is 2.19. The Balaban J connectivity index is 1.60. The summed E-state index contributed by atoms with van der Waals surface area (Å²) in [5, 5.41) is 6.25. The molecule has 1 amide bonds. The summed E-state index contributed by atoms with van der Waals surface area (Å²) in [5.74, 6) is -0.0647. The van der Waals surface area contributed by atoms with Crippen molar-refractivity contribution in [1.29, 1.82) is 0 Å². The zero-order valence-electron chi connectivity index (χ0n) is 10.6. The van der Waals surface area contributed by atoms with Crippen molar-refractivity contribution in [1.82, 2.24) is 20.6 Å². The third-order valence-corrected chi connectivity index (χ3v) is 3.15. The summed E-state index contributed by atoms with van der Waals surface area (Å²) < 4.78 is 0. The Morgan fingerprint density at radius 2 is 1.95 bits per heavy atom. The summed E-state index contributed by atoms with van der Waals surface area (Å²) in [5.41, 5.74) is 2.17. The maximum Gasteiger partial charge on any atom is 0.251 e. The average molecular weight is 256 g/mol. The molecule has 2 aromatic rings. The van der Waals surface area contributed by atoms with E-state index in [0.717, 1.165) is 17.6 Å². The maximum atomic E-state index is 12.0. The molecule has 1 fully saturated rings.